The van der Waals surface area contributed by atoms with Crippen molar-refractivity contribution < 1.29 is 14.6 Å². The Morgan fingerprint density at radius 1 is 1.31 bits per heavy atom. The molecule has 1 aromatic carbocycles. The van der Waals surface area contributed by atoms with Crippen molar-refractivity contribution in [2.24, 2.45) is 0 Å². The molecule has 0 saturated heterocycles. The highest BCUT2D eigenvalue weighted by atomic mass is 16.5. The first kappa shape index (κ1) is 9.86. The van der Waals surface area contributed by atoms with Gasteiger partial charge in [0.2, 0.25) is 0 Å². The predicted molar refractivity (Wildman–Crippen MR) is 50.1 cm³/mol. The number of aliphatic hydroxyl groups excluding tert-OH is 1. The van der Waals surface area contributed by atoms with E-state index < -0.39 is 0 Å². The molecule has 0 heterocycles. The molecule has 0 spiro atoms. The van der Waals surface area contributed by atoms with E-state index in [1.165, 1.54) is 0 Å². The first-order valence-corrected chi connectivity index (χ1v) is 4.22. The molecular formula is C10H14O3. The van der Waals surface area contributed by atoms with Gasteiger partial charge < -0.3 is 14.6 Å². The van der Waals surface area contributed by atoms with Crippen LogP contribution in [0, 0.1) is 0 Å². The molecule has 1 N–H and O–H groups in total. The number of hydrogen-bond donors (Lipinski definition) is 1. The van der Waals surface area contributed by atoms with Gasteiger partial charge in [0.25, 0.3) is 0 Å². The molecule has 3 heteroatoms. The number of benzene rings is 1. The first-order chi connectivity index (χ1) is 6.31. The molecule has 72 valence electrons. The summed E-state index contributed by atoms with van der Waals surface area (Å²) in [6.45, 7) is 2.51. The van der Waals surface area contributed by atoms with Crippen LogP contribution in [0.25, 0.3) is 0 Å². The predicted octanol–water partition coefficient (Wildman–Crippen LogP) is 1.59. The maximum absolute atomic E-state index is 8.90. The molecule has 0 aliphatic carbocycles. The smallest absolute Gasteiger partial charge is 0.161 e. The molecular weight excluding hydrogens is 168 g/mol. The van der Waals surface area contributed by atoms with Crippen LogP contribution >= 0.6 is 0 Å². The summed E-state index contributed by atoms with van der Waals surface area (Å²) in [6.07, 6.45) is 0. The number of hydrogen-bond acceptors (Lipinski definition) is 3. The van der Waals surface area contributed by atoms with Crippen molar-refractivity contribution in [3.8, 4) is 11.5 Å². The normalized spacial score (nSPS) is 9.77. The molecule has 1 aromatic rings. The van der Waals surface area contributed by atoms with Crippen molar-refractivity contribution in [2.45, 2.75) is 13.5 Å². The third-order valence-electron chi connectivity index (χ3n) is 1.71. The Labute approximate surface area is 77.9 Å². The van der Waals surface area contributed by atoms with Crippen LogP contribution in [0.5, 0.6) is 11.5 Å². The zero-order valence-corrected chi connectivity index (χ0v) is 7.91. The summed E-state index contributed by atoms with van der Waals surface area (Å²) >= 11 is 0. The van der Waals surface area contributed by atoms with Crippen molar-refractivity contribution in [3.05, 3.63) is 23.8 Å². The fourth-order valence-corrected chi connectivity index (χ4v) is 1.09. The highest BCUT2D eigenvalue weighted by molar-refractivity contribution is 5.42. The molecule has 0 aliphatic rings. The zero-order chi connectivity index (χ0) is 9.68. The van der Waals surface area contributed by atoms with Crippen LogP contribution in [0.2, 0.25) is 0 Å². The Balaban J connectivity index is 2.95. The molecule has 0 saturated carbocycles. The number of methoxy groups -OCH3 is 1. The summed E-state index contributed by atoms with van der Waals surface area (Å²) in [7, 11) is 1.59. The fourth-order valence-electron chi connectivity index (χ4n) is 1.09. The molecule has 3 nitrogen and oxygen atoms in total. The van der Waals surface area contributed by atoms with Crippen LogP contribution in [0.15, 0.2) is 18.2 Å². The topological polar surface area (TPSA) is 38.7 Å². The van der Waals surface area contributed by atoms with Gasteiger partial charge in [-0.25, -0.2) is 0 Å². The number of rotatable bonds is 4. The van der Waals surface area contributed by atoms with Crippen LogP contribution in [0.3, 0.4) is 0 Å². The van der Waals surface area contributed by atoms with E-state index in [0.717, 1.165) is 5.56 Å². The Hall–Kier alpha value is -1.22. The van der Waals surface area contributed by atoms with Gasteiger partial charge >= 0.3 is 0 Å². The van der Waals surface area contributed by atoms with E-state index in [1.54, 1.807) is 25.3 Å². The zero-order valence-electron chi connectivity index (χ0n) is 7.91. The maximum atomic E-state index is 8.90. The molecule has 0 radical (unpaired) electrons. The van der Waals surface area contributed by atoms with E-state index in [1.807, 2.05) is 6.92 Å². The van der Waals surface area contributed by atoms with Gasteiger partial charge in [-0.15, -0.1) is 0 Å². The first-order valence-electron chi connectivity index (χ1n) is 4.22. The minimum Gasteiger partial charge on any atom is -0.493 e. The summed E-state index contributed by atoms with van der Waals surface area (Å²) in [5.74, 6) is 1.37. The second kappa shape index (κ2) is 4.72. The largest absolute Gasteiger partial charge is 0.493 e. The molecule has 0 unspecified atom stereocenters. The van der Waals surface area contributed by atoms with E-state index in [2.05, 4.69) is 0 Å². The van der Waals surface area contributed by atoms with E-state index in [4.69, 9.17) is 14.6 Å². The summed E-state index contributed by atoms with van der Waals surface area (Å²) < 4.78 is 10.4. The molecule has 13 heavy (non-hydrogen) atoms. The van der Waals surface area contributed by atoms with Gasteiger partial charge in [0.05, 0.1) is 20.3 Å². The third-order valence-corrected chi connectivity index (χ3v) is 1.71. The van der Waals surface area contributed by atoms with Crippen molar-refractivity contribution in [2.75, 3.05) is 13.7 Å². The average molecular weight is 182 g/mol. The van der Waals surface area contributed by atoms with Gasteiger partial charge in [0.15, 0.2) is 11.5 Å². The summed E-state index contributed by atoms with van der Waals surface area (Å²) in [5, 5.41) is 8.90. The Morgan fingerprint density at radius 2 is 2.08 bits per heavy atom. The lowest BCUT2D eigenvalue weighted by Gasteiger charge is -2.09. The van der Waals surface area contributed by atoms with Crippen molar-refractivity contribution in [3.63, 3.8) is 0 Å². The molecule has 1 rings (SSSR count). The van der Waals surface area contributed by atoms with Crippen LogP contribution in [0.1, 0.15) is 12.5 Å². The van der Waals surface area contributed by atoms with Crippen molar-refractivity contribution >= 4 is 0 Å². The lowest BCUT2D eigenvalue weighted by molar-refractivity contribution is 0.278. The van der Waals surface area contributed by atoms with Gasteiger partial charge in [-0.1, -0.05) is 6.07 Å². The number of aliphatic hydroxyl groups is 1. The third kappa shape index (κ3) is 2.36. The van der Waals surface area contributed by atoms with E-state index in [0.29, 0.717) is 18.1 Å². The van der Waals surface area contributed by atoms with Crippen LogP contribution < -0.4 is 9.47 Å². The molecule has 0 aromatic heterocycles. The van der Waals surface area contributed by atoms with Gasteiger partial charge in [0.1, 0.15) is 0 Å². The second-order valence-corrected chi connectivity index (χ2v) is 2.58. The molecule has 0 fully saturated rings. The number of ether oxygens (including phenoxy) is 2. The lowest BCUT2D eigenvalue weighted by Crippen LogP contribution is -1.96. The Kier molecular flexibility index (Phi) is 3.58. The lowest BCUT2D eigenvalue weighted by atomic mass is 10.2. The molecule has 0 atom stereocenters. The van der Waals surface area contributed by atoms with Crippen LogP contribution in [-0.2, 0) is 6.61 Å². The minimum absolute atomic E-state index is 0.0179. The summed E-state index contributed by atoms with van der Waals surface area (Å²) in [5.41, 5.74) is 0.823. The minimum atomic E-state index is 0.0179. The van der Waals surface area contributed by atoms with Gasteiger partial charge in [-0.05, 0) is 24.6 Å². The fraction of sp³-hybridized carbons (Fsp3) is 0.400. The van der Waals surface area contributed by atoms with E-state index >= 15 is 0 Å². The molecule has 0 bridgehead atoms. The van der Waals surface area contributed by atoms with Gasteiger partial charge in [0, 0.05) is 0 Å². The van der Waals surface area contributed by atoms with E-state index in [9.17, 15) is 0 Å². The van der Waals surface area contributed by atoms with E-state index in [-0.39, 0.29) is 6.61 Å². The summed E-state index contributed by atoms with van der Waals surface area (Å²) in [6, 6.07) is 5.38. The Bertz CT molecular complexity index is 271. The molecule has 0 aliphatic heterocycles. The second-order valence-electron chi connectivity index (χ2n) is 2.58. The monoisotopic (exact) mass is 182 g/mol. The van der Waals surface area contributed by atoms with Gasteiger partial charge in [-0.2, -0.15) is 0 Å². The van der Waals surface area contributed by atoms with Crippen molar-refractivity contribution in [1.82, 2.24) is 0 Å². The summed E-state index contributed by atoms with van der Waals surface area (Å²) in [4.78, 5) is 0. The maximum Gasteiger partial charge on any atom is 0.161 e. The van der Waals surface area contributed by atoms with Crippen molar-refractivity contribution in [1.29, 1.82) is 0 Å². The quantitative estimate of drug-likeness (QED) is 0.768. The van der Waals surface area contributed by atoms with Gasteiger partial charge in [-0.3, -0.25) is 0 Å². The average Bonchev–Trinajstić information content (AvgIpc) is 2.18. The standard InChI is InChI=1S/C10H14O3/c1-3-13-10-6-8(7-11)4-5-9(10)12-2/h4-6,11H,3,7H2,1-2H3. The SMILES string of the molecule is CCOc1cc(CO)ccc1OC. The van der Waals surface area contributed by atoms with Crippen LogP contribution in [-0.4, -0.2) is 18.8 Å². The van der Waals surface area contributed by atoms with Crippen LogP contribution in [0.4, 0.5) is 0 Å². The molecule has 0 amide bonds. The highest BCUT2D eigenvalue weighted by Gasteiger charge is 2.03. The Morgan fingerprint density at radius 3 is 2.62 bits per heavy atom. The highest BCUT2D eigenvalue weighted by Crippen LogP contribution is 2.27.